The van der Waals surface area contributed by atoms with E-state index in [2.05, 4.69) is 4.98 Å². The number of nitrogens with zero attached hydrogens (tertiary/aromatic N) is 1. The first-order valence-corrected chi connectivity index (χ1v) is 5.97. The third-order valence-corrected chi connectivity index (χ3v) is 2.84. The molecule has 1 nitrogen and oxygen atoms in total. The Morgan fingerprint density at radius 3 is 2.20 bits per heavy atom. The summed E-state index contributed by atoms with van der Waals surface area (Å²) in [6.45, 7) is 1.77. The van der Waals surface area contributed by atoms with Crippen molar-refractivity contribution in [2.24, 2.45) is 0 Å². The number of hydrogen-bond acceptors (Lipinski definition) is 1. The maximum absolute atomic E-state index is 6.26. The van der Waals surface area contributed by atoms with Crippen molar-refractivity contribution >= 4 is 58.0 Å². The Kier molecular flexibility index (Phi) is 4.42. The van der Waals surface area contributed by atoms with Gasteiger partial charge in [0, 0.05) is 12.6 Å². The van der Waals surface area contributed by atoms with Crippen molar-refractivity contribution in [3.63, 3.8) is 0 Å². The van der Waals surface area contributed by atoms with Gasteiger partial charge in [0.15, 0.2) is 3.79 Å². The molecular formula is C9H8Cl5N. The summed E-state index contributed by atoms with van der Waals surface area (Å²) in [6.07, 6.45) is 1.77. The van der Waals surface area contributed by atoms with E-state index in [4.69, 9.17) is 58.0 Å². The molecule has 0 spiro atoms. The van der Waals surface area contributed by atoms with Crippen LogP contribution in [0.15, 0.2) is 18.3 Å². The molecule has 0 radical (unpaired) electrons. The van der Waals surface area contributed by atoms with Crippen LogP contribution in [0.1, 0.15) is 18.9 Å². The molecule has 1 unspecified atom stereocenters. The van der Waals surface area contributed by atoms with Gasteiger partial charge in [0.05, 0.1) is 4.87 Å². The fourth-order valence-electron chi connectivity index (χ4n) is 1.16. The molecular weight excluding hydrogens is 299 g/mol. The fourth-order valence-corrected chi connectivity index (χ4v) is 2.59. The Labute approximate surface area is 114 Å². The molecule has 0 N–H and O–H groups in total. The minimum atomic E-state index is -1.39. The van der Waals surface area contributed by atoms with Crippen molar-refractivity contribution in [1.29, 1.82) is 0 Å². The maximum Gasteiger partial charge on any atom is 0.192 e. The summed E-state index contributed by atoms with van der Waals surface area (Å²) >= 11 is 29.0. The molecule has 1 aromatic rings. The Morgan fingerprint density at radius 2 is 1.80 bits per heavy atom. The maximum atomic E-state index is 6.26. The van der Waals surface area contributed by atoms with Crippen LogP contribution in [0.25, 0.3) is 0 Å². The number of pyridine rings is 1. The largest absolute Gasteiger partial charge is 0.244 e. The molecule has 0 saturated carbocycles. The highest BCUT2D eigenvalue weighted by molar-refractivity contribution is 6.67. The van der Waals surface area contributed by atoms with E-state index < -0.39 is 8.67 Å². The number of aromatic nitrogens is 1. The number of halogens is 5. The van der Waals surface area contributed by atoms with E-state index in [1.807, 2.05) is 0 Å². The SMILES string of the molecule is CC(Cl)(CC(Cl)(Cl)Cl)c1ccc(Cl)nc1. The minimum absolute atomic E-state index is 0.190. The normalized spacial score (nSPS) is 16.1. The molecule has 0 fully saturated rings. The van der Waals surface area contributed by atoms with Gasteiger partial charge in [0.2, 0.25) is 0 Å². The summed E-state index contributed by atoms with van der Waals surface area (Å²) in [6, 6.07) is 3.41. The van der Waals surface area contributed by atoms with Crippen molar-refractivity contribution in [1.82, 2.24) is 4.98 Å². The Morgan fingerprint density at radius 1 is 1.20 bits per heavy atom. The fraction of sp³-hybridized carbons (Fsp3) is 0.444. The average molecular weight is 307 g/mol. The lowest BCUT2D eigenvalue weighted by Gasteiger charge is -2.26. The van der Waals surface area contributed by atoms with Gasteiger partial charge in [-0.1, -0.05) is 52.5 Å². The van der Waals surface area contributed by atoms with Gasteiger partial charge in [-0.05, 0) is 18.6 Å². The van der Waals surface area contributed by atoms with Gasteiger partial charge in [0.1, 0.15) is 5.15 Å². The molecule has 0 bridgehead atoms. The van der Waals surface area contributed by atoms with Crippen LogP contribution >= 0.6 is 58.0 Å². The van der Waals surface area contributed by atoms with Crippen LogP contribution in [0.5, 0.6) is 0 Å². The second kappa shape index (κ2) is 4.85. The number of hydrogen-bond donors (Lipinski definition) is 0. The standard InChI is InChI=1S/C9H8Cl5N/c1-8(11,5-9(12,13)14)6-2-3-7(10)15-4-6/h2-4H,5H2,1H3. The molecule has 0 aliphatic rings. The Balaban J connectivity index is 2.90. The van der Waals surface area contributed by atoms with Crippen molar-refractivity contribution in [3.8, 4) is 0 Å². The molecule has 1 heterocycles. The minimum Gasteiger partial charge on any atom is -0.244 e. The Hall–Kier alpha value is 0.600. The van der Waals surface area contributed by atoms with Gasteiger partial charge in [-0.15, -0.1) is 11.6 Å². The number of rotatable bonds is 2. The monoisotopic (exact) mass is 305 g/mol. The molecule has 0 aliphatic heterocycles. The van der Waals surface area contributed by atoms with E-state index >= 15 is 0 Å². The van der Waals surface area contributed by atoms with E-state index in [0.29, 0.717) is 5.15 Å². The van der Waals surface area contributed by atoms with E-state index in [9.17, 15) is 0 Å². The molecule has 15 heavy (non-hydrogen) atoms. The van der Waals surface area contributed by atoms with Crippen molar-refractivity contribution in [3.05, 3.63) is 29.0 Å². The van der Waals surface area contributed by atoms with Crippen LogP contribution in [0.2, 0.25) is 5.15 Å². The van der Waals surface area contributed by atoms with Crippen LogP contribution in [0.3, 0.4) is 0 Å². The van der Waals surface area contributed by atoms with Crippen LogP contribution in [-0.4, -0.2) is 8.78 Å². The summed E-state index contributed by atoms with van der Waals surface area (Å²) in [5.41, 5.74) is 0.764. The van der Waals surface area contributed by atoms with Crippen LogP contribution in [0.4, 0.5) is 0 Å². The lowest BCUT2D eigenvalue weighted by atomic mass is 9.99. The predicted molar refractivity (Wildman–Crippen MR) is 67.4 cm³/mol. The van der Waals surface area contributed by atoms with Crippen molar-refractivity contribution in [2.75, 3.05) is 0 Å². The van der Waals surface area contributed by atoms with Gasteiger partial charge in [0.25, 0.3) is 0 Å². The highest BCUT2D eigenvalue weighted by Gasteiger charge is 2.34. The third-order valence-electron chi connectivity index (χ3n) is 1.86. The first-order valence-electron chi connectivity index (χ1n) is 4.08. The molecule has 1 rings (SSSR count). The number of alkyl halides is 4. The van der Waals surface area contributed by atoms with E-state index in [0.717, 1.165) is 5.56 Å². The molecule has 6 heteroatoms. The van der Waals surface area contributed by atoms with Gasteiger partial charge in [-0.3, -0.25) is 0 Å². The average Bonchev–Trinajstić information content (AvgIpc) is 2.00. The first kappa shape index (κ1) is 13.7. The smallest absolute Gasteiger partial charge is 0.192 e. The zero-order valence-corrected chi connectivity index (χ0v) is 11.6. The lowest BCUT2D eigenvalue weighted by molar-refractivity contribution is 0.617. The summed E-state index contributed by atoms with van der Waals surface area (Å²) in [7, 11) is 0. The molecule has 84 valence electrons. The molecule has 0 aromatic carbocycles. The second-order valence-corrected chi connectivity index (χ2v) is 7.10. The zero-order chi connectivity index (χ0) is 11.7. The van der Waals surface area contributed by atoms with Crippen LogP contribution in [0, 0.1) is 0 Å². The van der Waals surface area contributed by atoms with E-state index in [1.54, 1.807) is 25.3 Å². The summed E-state index contributed by atoms with van der Waals surface area (Å²) in [4.78, 5) is 3.15. The topological polar surface area (TPSA) is 12.9 Å². The first-order chi connectivity index (χ1) is 6.71. The zero-order valence-electron chi connectivity index (χ0n) is 7.78. The van der Waals surface area contributed by atoms with Crippen molar-refractivity contribution in [2.45, 2.75) is 22.0 Å². The second-order valence-electron chi connectivity index (χ2n) is 3.36. The quantitative estimate of drug-likeness (QED) is 0.556. The van der Waals surface area contributed by atoms with Crippen LogP contribution in [-0.2, 0) is 4.87 Å². The summed E-state index contributed by atoms with van der Waals surface area (Å²) in [5, 5.41) is 0.403. The summed E-state index contributed by atoms with van der Waals surface area (Å²) < 4.78 is -1.39. The van der Waals surface area contributed by atoms with Crippen molar-refractivity contribution < 1.29 is 0 Å². The Bertz CT molecular complexity index is 327. The molecule has 0 saturated heterocycles. The lowest BCUT2D eigenvalue weighted by Crippen LogP contribution is -2.21. The van der Waals surface area contributed by atoms with E-state index in [-0.39, 0.29) is 6.42 Å². The predicted octanol–water partition coefficient (Wildman–Crippen LogP) is 4.95. The van der Waals surface area contributed by atoms with Gasteiger partial charge in [-0.25, -0.2) is 4.98 Å². The molecule has 0 aliphatic carbocycles. The molecule has 0 amide bonds. The third kappa shape index (κ3) is 4.54. The highest BCUT2D eigenvalue weighted by Crippen LogP contribution is 2.43. The van der Waals surface area contributed by atoms with E-state index in [1.165, 1.54) is 0 Å². The summed E-state index contributed by atoms with van der Waals surface area (Å²) in [5.74, 6) is 0. The van der Waals surface area contributed by atoms with Gasteiger partial charge >= 0.3 is 0 Å². The van der Waals surface area contributed by atoms with Gasteiger partial charge in [-0.2, -0.15) is 0 Å². The molecule has 1 atom stereocenters. The van der Waals surface area contributed by atoms with Crippen LogP contribution < -0.4 is 0 Å². The van der Waals surface area contributed by atoms with Gasteiger partial charge < -0.3 is 0 Å². The molecule has 1 aromatic heterocycles. The highest BCUT2D eigenvalue weighted by atomic mass is 35.6.